The molecule has 1 N–H and O–H groups in total. The Hall–Kier alpha value is -2.30. The lowest BCUT2D eigenvalue weighted by Gasteiger charge is -2.12. The van der Waals surface area contributed by atoms with Crippen molar-refractivity contribution < 1.29 is 9.47 Å². The number of methoxy groups -OCH3 is 2. The fourth-order valence-electron chi connectivity index (χ4n) is 2.10. The molecular weight excluding hydrogens is 256 g/mol. The molecule has 2 aromatic rings. The van der Waals surface area contributed by atoms with E-state index in [-0.39, 0.29) is 5.56 Å². The maximum Gasteiger partial charge on any atom is 0.251 e. The van der Waals surface area contributed by atoms with Crippen LogP contribution in [-0.4, -0.2) is 24.2 Å². The van der Waals surface area contributed by atoms with Crippen LogP contribution in [0.2, 0.25) is 0 Å². The average Bonchev–Trinajstić information content (AvgIpc) is 2.46. The van der Waals surface area contributed by atoms with E-state index in [0.29, 0.717) is 28.6 Å². The Balaban J connectivity index is 2.64. The quantitative estimate of drug-likeness (QED) is 0.909. The Morgan fingerprint density at radius 2 is 1.85 bits per heavy atom. The fourth-order valence-corrected chi connectivity index (χ4v) is 2.10. The summed E-state index contributed by atoms with van der Waals surface area (Å²) in [4.78, 5) is 19.0. The van der Waals surface area contributed by atoms with E-state index in [1.807, 2.05) is 25.1 Å². The van der Waals surface area contributed by atoms with Crippen LogP contribution >= 0.6 is 0 Å². The van der Waals surface area contributed by atoms with E-state index in [1.54, 1.807) is 14.2 Å². The van der Waals surface area contributed by atoms with Gasteiger partial charge in [0.1, 0.15) is 17.3 Å². The number of aromatic amines is 1. The van der Waals surface area contributed by atoms with Crippen LogP contribution in [0.4, 0.5) is 0 Å². The van der Waals surface area contributed by atoms with Crippen molar-refractivity contribution in [3.63, 3.8) is 0 Å². The number of rotatable bonds is 5. The van der Waals surface area contributed by atoms with Gasteiger partial charge in [-0.1, -0.05) is 13.0 Å². The van der Waals surface area contributed by atoms with Gasteiger partial charge >= 0.3 is 0 Å². The van der Waals surface area contributed by atoms with E-state index < -0.39 is 0 Å². The average molecular weight is 274 g/mol. The highest BCUT2D eigenvalue weighted by atomic mass is 16.5. The van der Waals surface area contributed by atoms with Crippen LogP contribution in [-0.2, 0) is 6.42 Å². The molecule has 0 atom stereocenters. The lowest BCUT2D eigenvalue weighted by atomic mass is 10.1. The van der Waals surface area contributed by atoms with Crippen LogP contribution in [0.25, 0.3) is 11.3 Å². The highest BCUT2D eigenvalue weighted by Crippen LogP contribution is 2.36. The lowest BCUT2D eigenvalue weighted by molar-refractivity contribution is 0.397. The zero-order valence-electron chi connectivity index (χ0n) is 11.9. The van der Waals surface area contributed by atoms with Crippen molar-refractivity contribution in [2.24, 2.45) is 0 Å². The van der Waals surface area contributed by atoms with E-state index in [4.69, 9.17) is 9.47 Å². The number of nitrogens with zero attached hydrogens (tertiary/aromatic N) is 1. The van der Waals surface area contributed by atoms with Crippen molar-refractivity contribution in [2.75, 3.05) is 14.2 Å². The van der Waals surface area contributed by atoms with Crippen LogP contribution < -0.4 is 15.0 Å². The summed E-state index contributed by atoms with van der Waals surface area (Å²) in [5.74, 6) is 1.93. The third kappa shape index (κ3) is 2.82. The summed E-state index contributed by atoms with van der Waals surface area (Å²) in [5, 5.41) is 0. The minimum atomic E-state index is -0.175. The summed E-state index contributed by atoms with van der Waals surface area (Å²) < 4.78 is 10.7. The molecule has 2 rings (SSSR count). The van der Waals surface area contributed by atoms with E-state index >= 15 is 0 Å². The van der Waals surface area contributed by atoms with Crippen LogP contribution in [0.5, 0.6) is 11.5 Å². The second-order valence-corrected chi connectivity index (χ2v) is 4.36. The minimum Gasteiger partial charge on any atom is -0.496 e. The predicted molar refractivity (Wildman–Crippen MR) is 77.4 cm³/mol. The summed E-state index contributed by atoms with van der Waals surface area (Å²) >= 11 is 0. The first-order chi connectivity index (χ1) is 9.69. The third-order valence-corrected chi connectivity index (χ3v) is 2.96. The van der Waals surface area contributed by atoms with Crippen LogP contribution in [0, 0.1) is 0 Å². The number of benzene rings is 1. The van der Waals surface area contributed by atoms with Gasteiger partial charge in [0.05, 0.1) is 25.5 Å². The molecule has 20 heavy (non-hydrogen) atoms. The molecule has 0 amide bonds. The Morgan fingerprint density at radius 3 is 2.40 bits per heavy atom. The molecule has 0 spiro atoms. The Bertz CT molecular complexity index is 628. The number of hydrogen-bond acceptors (Lipinski definition) is 4. The normalized spacial score (nSPS) is 10.3. The second kappa shape index (κ2) is 6.23. The van der Waals surface area contributed by atoms with Crippen LogP contribution in [0.3, 0.4) is 0 Å². The standard InChI is InChI=1S/C15H18N2O3/c1-4-6-13-16-10(9-14(18)17-13)15-11(19-2)7-5-8-12(15)20-3/h5,7-9H,4,6H2,1-3H3,(H,16,17,18). The molecule has 5 nitrogen and oxygen atoms in total. The van der Waals surface area contributed by atoms with Gasteiger partial charge in [0.2, 0.25) is 0 Å². The highest BCUT2D eigenvalue weighted by Gasteiger charge is 2.15. The van der Waals surface area contributed by atoms with Crippen LogP contribution in [0.15, 0.2) is 29.1 Å². The van der Waals surface area contributed by atoms with Gasteiger partial charge < -0.3 is 14.5 Å². The van der Waals surface area contributed by atoms with Crippen LogP contribution in [0.1, 0.15) is 19.2 Å². The predicted octanol–water partition coefficient (Wildman–Crippen LogP) is 2.41. The smallest absolute Gasteiger partial charge is 0.251 e. The van der Waals surface area contributed by atoms with Crippen molar-refractivity contribution in [1.82, 2.24) is 9.97 Å². The van der Waals surface area contributed by atoms with Gasteiger partial charge in [-0.2, -0.15) is 0 Å². The molecule has 0 unspecified atom stereocenters. The van der Waals surface area contributed by atoms with E-state index in [2.05, 4.69) is 9.97 Å². The molecule has 0 saturated heterocycles. The van der Waals surface area contributed by atoms with Gasteiger partial charge in [0, 0.05) is 12.5 Å². The van der Waals surface area contributed by atoms with Gasteiger partial charge in [-0.3, -0.25) is 4.79 Å². The molecule has 0 radical (unpaired) electrons. The Labute approximate surface area is 117 Å². The van der Waals surface area contributed by atoms with Gasteiger partial charge in [-0.25, -0.2) is 4.98 Å². The lowest BCUT2D eigenvalue weighted by Crippen LogP contribution is -2.11. The van der Waals surface area contributed by atoms with Crippen molar-refractivity contribution in [2.45, 2.75) is 19.8 Å². The SMILES string of the molecule is CCCc1nc(-c2c(OC)cccc2OC)cc(=O)[nH]1. The number of H-pyrrole nitrogens is 1. The van der Waals surface area contributed by atoms with Crippen molar-refractivity contribution >= 4 is 0 Å². The Morgan fingerprint density at radius 1 is 1.20 bits per heavy atom. The molecule has 0 aliphatic rings. The number of ether oxygens (including phenoxy) is 2. The summed E-state index contributed by atoms with van der Waals surface area (Å²) in [6.45, 7) is 2.04. The monoisotopic (exact) mass is 274 g/mol. The number of nitrogens with one attached hydrogen (secondary N) is 1. The molecule has 1 aromatic heterocycles. The summed E-state index contributed by atoms with van der Waals surface area (Å²) in [7, 11) is 3.16. The second-order valence-electron chi connectivity index (χ2n) is 4.36. The van der Waals surface area contributed by atoms with Crippen molar-refractivity contribution in [3.05, 3.63) is 40.4 Å². The van der Waals surface area contributed by atoms with Crippen molar-refractivity contribution in [3.8, 4) is 22.8 Å². The molecule has 0 aliphatic carbocycles. The number of hydrogen-bond donors (Lipinski definition) is 1. The topological polar surface area (TPSA) is 64.2 Å². The maximum atomic E-state index is 11.8. The van der Waals surface area contributed by atoms with E-state index in [0.717, 1.165) is 12.8 Å². The number of aromatic nitrogens is 2. The number of aryl methyl sites for hydroxylation is 1. The van der Waals surface area contributed by atoms with E-state index in [1.165, 1.54) is 6.07 Å². The molecule has 106 valence electrons. The zero-order chi connectivity index (χ0) is 14.5. The molecule has 0 fully saturated rings. The molecule has 0 bridgehead atoms. The highest BCUT2D eigenvalue weighted by molar-refractivity contribution is 5.74. The third-order valence-electron chi connectivity index (χ3n) is 2.96. The summed E-state index contributed by atoms with van der Waals surface area (Å²) in [5.41, 5.74) is 1.08. The minimum absolute atomic E-state index is 0.175. The molecule has 0 saturated carbocycles. The molecule has 5 heteroatoms. The molecular formula is C15H18N2O3. The largest absolute Gasteiger partial charge is 0.496 e. The van der Waals surface area contributed by atoms with Gasteiger partial charge in [0.15, 0.2) is 0 Å². The first-order valence-corrected chi connectivity index (χ1v) is 6.51. The first-order valence-electron chi connectivity index (χ1n) is 6.51. The van der Waals surface area contributed by atoms with E-state index in [9.17, 15) is 4.79 Å². The molecule has 1 aromatic carbocycles. The van der Waals surface area contributed by atoms with Gasteiger partial charge in [0.25, 0.3) is 5.56 Å². The first kappa shape index (κ1) is 14.1. The zero-order valence-corrected chi connectivity index (χ0v) is 11.9. The summed E-state index contributed by atoms with van der Waals surface area (Å²) in [6.07, 6.45) is 1.63. The van der Waals surface area contributed by atoms with Gasteiger partial charge in [-0.05, 0) is 18.6 Å². The summed E-state index contributed by atoms with van der Waals surface area (Å²) in [6, 6.07) is 6.93. The molecule has 1 heterocycles. The van der Waals surface area contributed by atoms with Gasteiger partial charge in [-0.15, -0.1) is 0 Å². The molecule has 0 aliphatic heterocycles. The fraction of sp³-hybridized carbons (Fsp3) is 0.333. The maximum absolute atomic E-state index is 11.8. The Kier molecular flexibility index (Phi) is 4.40. The van der Waals surface area contributed by atoms with Crippen molar-refractivity contribution in [1.29, 1.82) is 0 Å².